The number of hydrogen-bond donors (Lipinski definition) is 1. The number of pyridine rings is 1. The molecule has 0 aliphatic heterocycles. The van der Waals surface area contributed by atoms with E-state index in [2.05, 4.69) is 21.5 Å². The second-order valence-electron chi connectivity index (χ2n) is 6.66. The number of benzene rings is 2. The third-order valence-corrected chi connectivity index (χ3v) is 4.59. The normalized spacial score (nSPS) is 10.5. The fraction of sp³-hybridized carbons (Fsp3) is 0.125. The van der Waals surface area contributed by atoms with Gasteiger partial charge in [0.2, 0.25) is 0 Å². The number of rotatable bonds is 8. The minimum atomic E-state index is 0.241. The van der Waals surface area contributed by atoms with Crippen molar-refractivity contribution in [1.82, 2.24) is 15.5 Å². The van der Waals surface area contributed by atoms with Gasteiger partial charge < -0.3 is 14.6 Å². The first-order valence-electron chi connectivity index (χ1n) is 9.60. The molecule has 0 amide bonds. The number of para-hydroxylation sites is 1. The maximum absolute atomic E-state index is 9.20. The molecule has 0 aliphatic rings. The minimum absolute atomic E-state index is 0.241. The third kappa shape index (κ3) is 4.72. The molecule has 0 saturated heterocycles. The van der Waals surface area contributed by atoms with Crippen molar-refractivity contribution < 1.29 is 9.26 Å². The van der Waals surface area contributed by atoms with Crippen molar-refractivity contribution in [2.45, 2.75) is 19.7 Å². The lowest BCUT2D eigenvalue weighted by Crippen LogP contribution is -2.14. The van der Waals surface area contributed by atoms with Gasteiger partial charge in [0, 0.05) is 36.5 Å². The molecule has 2 aromatic carbocycles. The summed E-state index contributed by atoms with van der Waals surface area (Å²) in [5, 5.41) is 16.7. The highest BCUT2D eigenvalue weighted by Crippen LogP contribution is 2.21. The zero-order chi connectivity index (χ0) is 20.6. The highest BCUT2D eigenvalue weighted by molar-refractivity contribution is 5.56. The molecule has 6 heteroatoms. The van der Waals surface area contributed by atoms with Gasteiger partial charge in [-0.3, -0.25) is 4.98 Å². The average Bonchev–Trinajstić information content (AvgIpc) is 3.28. The summed E-state index contributed by atoms with van der Waals surface area (Å²) in [4.78, 5) is 4.24. The summed E-state index contributed by atoms with van der Waals surface area (Å²) in [6.45, 7) is 1.42. The van der Waals surface area contributed by atoms with Gasteiger partial charge in [-0.2, -0.15) is 5.26 Å². The van der Waals surface area contributed by atoms with Crippen LogP contribution in [0.25, 0.3) is 11.3 Å². The van der Waals surface area contributed by atoms with E-state index >= 15 is 0 Å². The highest BCUT2D eigenvalue weighted by atomic mass is 16.5. The topological polar surface area (TPSA) is 84.0 Å². The highest BCUT2D eigenvalue weighted by Gasteiger charge is 2.09. The first-order valence-corrected chi connectivity index (χ1v) is 9.60. The summed E-state index contributed by atoms with van der Waals surface area (Å²) in [5.41, 5.74) is 3.99. The van der Waals surface area contributed by atoms with Crippen LogP contribution >= 0.6 is 0 Å². The van der Waals surface area contributed by atoms with E-state index in [1.165, 1.54) is 0 Å². The van der Waals surface area contributed by atoms with Crippen molar-refractivity contribution in [3.05, 3.63) is 102 Å². The van der Waals surface area contributed by atoms with Gasteiger partial charge in [0.1, 0.15) is 18.4 Å². The predicted molar refractivity (Wildman–Crippen MR) is 112 cm³/mol. The number of aromatic nitrogens is 2. The number of nitriles is 1. The molecular formula is C24H20N4O2. The maximum Gasteiger partial charge on any atom is 0.167 e. The summed E-state index contributed by atoms with van der Waals surface area (Å²) < 4.78 is 11.4. The van der Waals surface area contributed by atoms with Crippen molar-refractivity contribution in [3.63, 3.8) is 0 Å². The Hall–Kier alpha value is -3.95. The van der Waals surface area contributed by atoms with E-state index in [9.17, 15) is 5.26 Å². The van der Waals surface area contributed by atoms with Crippen LogP contribution in [0.3, 0.4) is 0 Å². The predicted octanol–water partition coefficient (Wildman–Crippen LogP) is 4.48. The molecule has 0 aliphatic carbocycles. The summed E-state index contributed by atoms with van der Waals surface area (Å²) in [6.07, 6.45) is 1.66. The first kappa shape index (κ1) is 19.4. The van der Waals surface area contributed by atoms with Gasteiger partial charge in [0.05, 0.1) is 17.0 Å². The Morgan fingerprint density at radius 1 is 0.967 bits per heavy atom. The minimum Gasteiger partial charge on any atom is -0.487 e. The van der Waals surface area contributed by atoms with Gasteiger partial charge in [-0.05, 0) is 18.2 Å². The van der Waals surface area contributed by atoms with Crippen LogP contribution < -0.4 is 10.1 Å². The van der Waals surface area contributed by atoms with Crippen LogP contribution in [0.4, 0.5) is 0 Å². The van der Waals surface area contributed by atoms with E-state index in [1.807, 2.05) is 60.7 Å². The lowest BCUT2D eigenvalue weighted by Gasteiger charge is -2.12. The fourth-order valence-electron chi connectivity index (χ4n) is 3.05. The average molecular weight is 396 g/mol. The standard InChI is InChI=1S/C24H20N4O2/c25-14-19-10-6-12-27-22(19)17-29-23-11-5-4-9-20(23)15-26-16-21-13-24(30-28-21)18-7-2-1-3-8-18/h1-13,26H,15-17H2. The number of nitrogens with zero attached hydrogens (tertiary/aromatic N) is 3. The molecule has 0 spiro atoms. The quantitative estimate of drug-likeness (QED) is 0.473. The largest absolute Gasteiger partial charge is 0.487 e. The van der Waals surface area contributed by atoms with Crippen molar-refractivity contribution in [1.29, 1.82) is 5.26 Å². The Kier molecular flexibility index (Phi) is 6.13. The third-order valence-electron chi connectivity index (χ3n) is 4.59. The molecule has 30 heavy (non-hydrogen) atoms. The Morgan fingerprint density at radius 3 is 2.67 bits per heavy atom. The van der Waals surface area contributed by atoms with Crippen LogP contribution in [0.15, 0.2) is 83.5 Å². The summed E-state index contributed by atoms with van der Waals surface area (Å²) >= 11 is 0. The van der Waals surface area contributed by atoms with Gasteiger partial charge in [-0.1, -0.05) is 53.7 Å². The van der Waals surface area contributed by atoms with Crippen LogP contribution in [0.1, 0.15) is 22.5 Å². The van der Waals surface area contributed by atoms with Gasteiger partial charge in [-0.15, -0.1) is 0 Å². The van der Waals surface area contributed by atoms with E-state index in [0.717, 1.165) is 28.3 Å². The molecule has 0 saturated carbocycles. The monoisotopic (exact) mass is 396 g/mol. The Bertz CT molecular complexity index is 1150. The van der Waals surface area contributed by atoms with Gasteiger partial charge in [-0.25, -0.2) is 0 Å². The Balaban J connectivity index is 1.36. The lowest BCUT2D eigenvalue weighted by atomic mass is 10.1. The molecular weight excluding hydrogens is 376 g/mol. The van der Waals surface area contributed by atoms with Crippen LogP contribution in [0.5, 0.6) is 5.75 Å². The molecule has 0 fully saturated rings. The molecule has 2 heterocycles. The SMILES string of the molecule is N#Cc1cccnc1COc1ccccc1CNCc1cc(-c2ccccc2)on1. The summed E-state index contributed by atoms with van der Waals surface area (Å²) in [5.74, 6) is 1.50. The van der Waals surface area contributed by atoms with Crippen molar-refractivity contribution >= 4 is 0 Å². The Morgan fingerprint density at radius 2 is 1.80 bits per heavy atom. The van der Waals surface area contributed by atoms with Gasteiger partial charge in [0.25, 0.3) is 0 Å². The molecule has 1 N–H and O–H groups in total. The molecule has 4 aromatic rings. The van der Waals surface area contributed by atoms with Crippen LogP contribution in [-0.4, -0.2) is 10.1 Å². The first-order chi connectivity index (χ1) is 14.8. The Labute approximate surface area is 174 Å². The molecule has 0 bridgehead atoms. The summed E-state index contributed by atoms with van der Waals surface area (Å²) in [7, 11) is 0. The second kappa shape index (κ2) is 9.50. The van der Waals surface area contributed by atoms with Crippen molar-refractivity contribution in [3.8, 4) is 23.1 Å². The van der Waals surface area contributed by atoms with E-state index < -0.39 is 0 Å². The van der Waals surface area contributed by atoms with Gasteiger partial charge >= 0.3 is 0 Å². The van der Waals surface area contributed by atoms with Crippen LogP contribution in [0, 0.1) is 11.3 Å². The molecule has 2 aromatic heterocycles. The van der Waals surface area contributed by atoms with Crippen LogP contribution in [-0.2, 0) is 19.7 Å². The number of ether oxygens (including phenoxy) is 1. The zero-order valence-corrected chi connectivity index (χ0v) is 16.3. The molecule has 4 rings (SSSR count). The van der Waals surface area contributed by atoms with Crippen LogP contribution in [0.2, 0.25) is 0 Å². The summed E-state index contributed by atoms with van der Waals surface area (Å²) in [6, 6.07) is 25.3. The van der Waals surface area contributed by atoms with Crippen molar-refractivity contribution in [2.75, 3.05) is 0 Å². The lowest BCUT2D eigenvalue weighted by molar-refractivity contribution is 0.297. The van der Waals surface area contributed by atoms with E-state index in [0.29, 0.717) is 24.3 Å². The zero-order valence-electron chi connectivity index (χ0n) is 16.3. The molecule has 0 atom stereocenters. The molecule has 0 unspecified atom stereocenters. The van der Waals surface area contributed by atoms with Crippen molar-refractivity contribution in [2.24, 2.45) is 0 Å². The molecule has 6 nitrogen and oxygen atoms in total. The smallest absolute Gasteiger partial charge is 0.167 e. The number of nitrogens with one attached hydrogen (secondary N) is 1. The molecule has 0 radical (unpaired) electrons. The van der Waals surface area contributed by atoms with Gasteiger partial charge in [0.15, 0.2) is 5.76 Å². The fourth-order valence-corrected chi connectivity index (χ4v) is 3.05. The van der Waals surface area contributed by atoms with E-state index in [-0.39, 0.29) is 6.61 Å². The number of hydrogen-bond acceptors (Lipinski definition) is 6. The second-order valence-corrected chi connectivity index (χ2v) is 6.66. The van der Waals surface area contributed by atoms with E-state index in [1.54, 1.807) is 18.3 Å². The van der Waals surface area contributed by atoms with E-state index in [4.69, 9.17) is 9.26 Å². The maximum atomic E-state index is 9.20. The molecule has 148 valence electrons.